The zero-order valence-electron chi connectivity index (χ0n) is 8.59. The van der Waals surface area contributed by atoms with Gasteiger partial charge >= 0.3 is 0 Å². The molecule has 0 radical (unpaired) electrons. The van der Waals surface area contributed by atoms with Gasteiger partial charge in [0.15, 0.2) is 0 Å². The van der Waals surface area contributed by atoms with Crippen molar-refractivity contribution in [2.45, 2.75) is 40.5 Å². The van der Waals surface area contributed by atoms with E-state index in [9.17, 15) is 0 Å². The van der Waals surface area contributed by atoms with E-state index < -0.39 is 0 Å². The molecule has 0 bridgehead atoms. The maximum absolute atomic E-state index is 8.49. The van der Waals surface area contributed by atoms with Gasteiger partial charge in [-0.3, -0.25) is 0 Å². The van der Waals surface area contributed by atoms with Crippen molar-refractivity contribution in [3.05, 3.63) is 12.2 Å². The Balaban J connectivity index is 3.58. The van der Waals surface area contributed by atoms with E-state index in [1.807, 2.05) is 13.0 Å². The lowest BCUT2D eigenvalue weighted by atomic mass is 9.90. The predicted octanol–water partition coefficient (Wildman–Crippen LogP) is 3.53. The summed E-state index contributed by atoms with van der Waals surface area (Å²) in [6.45, 7) is 8.60. The Morgan fingerprint density at radius 1 is 1.42 bits per heavy atom. The number of hydrogen-bond acceptors (Lipinski definition) is 1. The molecule has 1 heteroatoms. The highest BCUT2D eigenvalue weighted by Gasteiger charge is 2.07. The number of hydrogen-bond donors (Lipinski definition) is 0. The van der Waals surface area contributed by atoms with Crippen molar-refractivity contribution in [1.82, 2.24) is 0 Å². The summed E-state index contributed by atoms with van der Waals surface area (Å²) >= 11 is 0. The van der Waals surface area contributed by atoms with Crippen molar-refractivity contribution in [3.8, 4) is 6.07 Å². The summed E-state index contributed by atoms with van der Waals surface area (Å²) in [6.07, 6.45) is 6.35. The molecule has 1 nitrogen and oxygen atoms in total. The van der Waals surface area contributed by atoms with E-state index in [-0.39, 0.29) is 5.92 Å². The zero-order chi connectivity index (χ0) is 9.61. The first-order chi connectivity index (χ1) is 5.45. The molecule has 1 atom stereocenters. The second-order valence-corrected chi connectivity index (χ2v) is 4.45. The standard InChI is InChI=1S/C11H19N/c1-10(9-12)7-5-6-8-11(2,3)4/h5,7,10H,6,8H2,1-4H3/b7-5+. The monoisotopic (exact) mass is 165 g/mol. The smallest absolute Gasteiger partial charge is 0.0694 e. The number of allylic oxidation sites excluding steroid dienone is 2. The Labute approximate surface area is 76.1 Å². The van der Waals surface area contributed by atoms with Crippen LogP contribution < -0.4 is 0 Å². The molecule has 12 heavy (non-hydrogen) atoms. The third-order valence-corrected chi connectivity index (χ3v) is 1.69. The van der Waals surface area contributed by atoms with Gasteiger partial charge in [0.2, 0.25) is 0 Å². The summed E-state index contributed by atoms with van der Waals surface area (Å²) in [5.41, 5.74) is 0.403. The van der Waals surface area contributed by atoms with Gasteiger partial charge in [-0.25, -0.2) is 0 Å². The summed E-state index contributed by atoms with van der Waals surface area (Å²) < 4.78 is 0. The van der Waals surface area contributed by atoms with Crippen LogP contribution in [-0.4, -0.2) is 0 Å². The fraction of sp³-hybridized carbons (Fsp3) is 0.727. The molecule has 0 aromatic rings. The second kappa shape index (κ2) is 4.98. The summed E-state index contributed by atoms with van der Waals surface area (Å²) in [4.78, 5) is 0. The van der Waals surface area contributed by atoms with Crippen molar-refractivity contribution in [3.63, 3.8) is 0 Å². The normalized spacial score (nSPS) is 14.6. The molecule has 0 aromatic carbocycles. The van der Waals surface area contributed by atoms with E-state index >= 15 is 0 Å². The molecule has 0 aliphatic heterocycles. The van der Waals surface area contributed by atoms with Gasteiger partial charge in [0.1, 0.15) is 0 Å². The zero-order valence-corrected chi connectivity index (χ0v) is 8.59. The molecule has 68 valence electrons. The van der Waals surface area contributed by atoms with E-state index in [0.29, 0.717) is 5.41 Å². The molecule has 0 heterocycles. The van der Waals surface area contributed by atoms with Crippen LogP contribution in [-0.2, 0) is 0 Å². The van der Waals surface area contributed by atoms with Crippen LogP contribution in [0.1, 0.15) is 40.5 Å². The highest BCUT2D eigenvalue weighted by molar-refractivity contribution is 4.97. The third-order valence-electron chi connectivity index (χ3n) is 1.69. The SMILES string of the molecule is CC(C#N)/C=C/CCC(C)(C)C. The average Bonchev–Trinajstić information content (AvgIpc) is 1.96. The molecule has 0 aliphatic carbocycles. The highest BCUT2D eigenvalue weighted by Crippen LogP contribution is 2.20. The summed E-state index contributed by atoms with van der Waals surface area (Å²) in [5.74, 6) is 0.0602. The molecule has 0 amide bonds. The van der Waals surface area contributed by atoms with E-state index in [1.165, 1.54) is 6.42 Å². The maximum Gasteiger partial charge on any atom is 0.0694 e. The fourth-order valence-corrected chi connectivity index (χ4v) is 0.860. The van der Waals surface area contributed by atoms with Gasteiger partial charge in [-0.1, -0.05) is 32.9 Å². The summed E-state index contributed by atoms with van der Waals surface area (Å²) in [6, 6.07) is 2.18. The molecule has 1 unspecified atom stereocenters. The van der Waals surface area contributed by atoms with Gasteiger partial charge in [0.25, 0.3) is 0 Å². The van der Waals surface area contributed by atoms with Crippen molar-refractivity contribution in [2.24, 2.45) is 11.3 Å². The van der Waals surface area contributed by atoms with Gasteiger partial charge in [-0.05, 0) is 25.2 Å². The minimum absolute atomic E-state index is 0.0602. The lowest BCUT2D eigenvalue weighted by molar-refractivity contribution is 0.381. The van der Waals surface area contributed by atoms with E-state index in [0.717, 1.165) is 6.42 Å². The molecule has 0 saturated heterocycles. The van der Waals surface area contributed by atoms with Gasteiger partial charge in [0, 0.05) is 0 Å². The van der Waals surface area contributed by atoms with Crippen molar-refractivity contribution in [1.29, 1.82) is 5.26 Å². The van der Waals surface area contributed by atoms with Gasteiger partial charge < -0.3 is 0 Å². The largest absolute Gasteiger partial charge is 0.198 e. The first-order valence-electron chi connectivity index (χ1n) is 4.52. The molecule has 0 N–H and O–H groups in total. The van der Waals surface area contributed by atoms with Crippen LogP contribution in [0.4, 0.5) is 0 Å². The van der Waals surface area contributed by atoms with Crippen LogP contribution in [0.5, 0.6) is 0 Å². The Morgan fingerprint density at radius 2 is 2.00 bits per heavy atom. The molecule has 0 aliphatic rings. The Hall–Kier alpha value is -0.770. The molecule has 0 rings (SSSR count). The van der Waals surface area contributed by atoms with Crippen LogP contribution in [0, 0.1) is 22.7 Å². The second-order valence-electron chi connectivity index (χ2n) is 4.45. The lowest BCUT2D eigenvalue weighted by Gasteiger charge is -2.15. The van der Waals surface area contributed by atoms with Crippen LogP contribution in [0.25, 0.3) is 0 Å². The minimum atomic E-state index is 0.0602. The topological polar surface area (TPSA) is 23.8 Å². The first kappa shape index (κ1) is 11.2. The van der Waals surface area contributed by atoms with E-state index in [2.05, 4.69) is 32.9 Å². The maximum atomic E-state index is 8.49. The van der Waals surface area contributed by atoms with Crippen molar-refractivity contribution in [2.75, 3.05) is 0 Å². The van der Waals surface area contributed by atoms with Crippen LogP contribution in [0.2, 0.25) is 0 Å². The number of nitriles is 1. The van der Waals surface area contributed by atoms with Crippen LogP contribution in [0.15, 0.2) is 12.2 Å². The molecule has 0 spiro atoms. The summed E-state index contributed by atoms with van der Waals surface area (Å²) in [5, 5.41) is 8.49. The average molecular weight is 165 g/mol. The number of nitrogens with zero attached hydrogens (tertiary/aromatic N) is 1. The van der Waals surface area contributed by atoms with E-state index in [1.54, 1.807) is 0 Å². The van der Waals surface area contributed by atoms with E-state index in [4.69, 9.17) is 5.26 Å². The first-order valence-corrected chi connectivity index (χ1v) is 4.52. The summed E-state index contributed by atoms with van der Waals surface area (Å²) in [7, 11) is 0. The quantitative estimate of drug-likeness (QED) is 0.587. The van der Waals surface area contributed by atoms with Gasteiger partial charge in [0.05, 0.1) is 12.0 Å². The van der Waals surface area contributed by atoms with Crippen molar-refractivity contribution < 1.29 is 0 Å². The molecular weight excluding hydrogens is 146 g/mol. The van der Waals surface area contributed by atoms with Crippen LogP contribution in [0.3, 0.4) is 0 Å². The third kappa shape index (κ3) is 7.34. The molecule has 0 aromatic heterocycles. The minimum Gasteiger partial charge on any atom is -0.198 e. The van der Waals surface area contributed by atoms with Crippen molar-refractivity contribution >= 4 is 0 Å². The predicted molar refractivity (Wildman–Crippen MR) is 52.6 cm³/mol. The lowest BCUT2D eigenvalue weighted by Crippen LogP contribution is -2.03. The highest BCUT2D eigenvalue weighted by atomic mass is 14.2. The molecule has 0 fully saturated rings. The Morgan fingerprint density at radius 3 is 2.42 bits per heavy atom. The van der Waals surface area contributed by atoms with Crippen LogP contribution >= 0.6 is 0 Å². The Bertz CT molecular complexity index is 178. The van der Waals surface area contributed by atoms with Gasteiger partial charge in [-0.2, -0.15) is 5.26 Å². The Kier molecular flexibility index (Phi) is 4.66. The molecule has 0 saturated carbocycles. The molecular formula is C11H19N. The van der Waals surface area contributed by atoms with Gasteiger partial charge in [-0.15, -0.1) is 0 Å². The fourth-order valence-electron chi connectivity index (χ4n) is 0.860. The number of rotatable bonds is 3.